The molecule has 6 heteroatoms. The van der Waals surface area contributed by atoms with Crippen molar-refractivity contribution in [2.45, 2.75) is 38.1 Å². The second-order valence-corrected chi connectivity index (χ2v) is 7.07. The molecule has 150 valence electrons. The maximum Gasteiger partial charge on any atom is 0.241 e. The van der Waals surface area contributed by atoms with E-state index < -0.39 is 6.04 Å². The Hall–Kier alpha value is -2.37. The van der Waals surface area contributed by atoms with E-state index in [0.29, 0.717) is 12.8 Å². The number of likely N-dealkylation sites (tertiary alicyclic amines) is 1. The van der Waals surface area contributed by atoms with Crippen LogP contribution in [-0.4, -0.2) is 35.8 Å². The molecule has 0 spiro atoms. The van der Waals surface area contributed by atoms with Crippen LogP contribution in [-0.2, 0) is 22.4 Å². The highest BCUT2D eigenvalue weighted by atomic mass is 35.5. The van der Waals surface area contributed by atoms with E-state index in [2.05, 4.69) is 5.32 Å². The van der Waals surface area contributed by atoms with Crippen molar-refractivity contribution < 1.29 is 9.59 Å². The zero-order valence-corrected chi connectivity index (χ0v) is 16.8. The summed E-state index contributed by atoms with van der Waals surface area (Å²) in [6.45, 7) is 1.79. The lowest BCUT2D eigenvalue weighted by atomic mass is 10.1. The molecule has 28 heavy (non-hydrogen) atoms. The molecule has 2 aromatic carbocycles. The van der Waals surface area contributed by atoms with Crippen LogP contribution in [0.1, 0.15) is 30.4 Å². The first kappa shape index (κ1) is 21.9. The van der Waals surface area contributed by atoms with Gasteiger partial charge in [0.2, 0.25) is 11.8 Å². The molecule has 5 nitrogen and oxygen atoms in total. The monoisotopic (exact) mass is 401 g/mol. The molecule has 0 bridgehead atoms. The molecule has 1 atom stereocenters. The average Bonchev–Trinajstić information content (AvgIpc) is 3.23. The Balaban J connectivity index is 0.00000280. The normalized spacial score (nSPS) is 14.2. The molecule has 1 aliphatic heterocycles. The Kier molecular flexibility index (Phi) is 8.48. The number of nitrogens with zero attached hydrogens (tertiary/aromatic N) is 1. The number of nitrogens with two attached hydrogens (primary N) is 1. The smallest absolute Gasteiger partial charge is 0.241 e. The highest BCUT2D eigenvalue weighted by Gasteiger charge is 2.17. The minimum absolute atomic E-state index is 0. The molecule has 1 aliphatic rings. The third kappa shape index (κ3) is 6.36. The van der Waals surface area contributed by atoms with Gasteiger partial charge < -0.3 is 16.0 Å². The van der Waals surface area contributed by atoms with Gasteiger partial charge in [0.1, 0.15) is 0 Å². The summed E-state index contributed by atoms with van der Waals surface area (Å²) in [6, 6.07) is 16.8. The Morgan fingerprint density at radius 3 is 2.25 bits per heavy atom. The summed E-state index contributed by atoms with van der Waals surface area (Å²) >= 11 is 0. The molecule has 1 heterocycles. The van der Waals surface area contributed by atoms with E-state index in [0.717, 1.165) is 49.2 Å². The molecule has 0 radical (unpaired) electrons. The molecule has 1 fully saturated rings. The zero-order chi connectivity index (χ0) is 19.1. The molecule has 3 N–H and O–H groups in total. The first-order valence-electron chi connectivity index (χ1n) is 9.59. The van der Waals surface area contributed by atoms with Crippen LogP contribution in [0, 0.1) is 0 Å². The van der Waals surface area contributed by atoms with Crippen molar-refractivity contribution in [2.75, 3.05) is 18.4 Å². The summed E-state index contributed by atoms with van der Waals surface area (Å²) in [6.07, 6.45) is 3.99. The van der Waals surface area contributed by atoms with Crippen molar-refractivity contribution in [3.63, 3.8) is 0 Å². The van der Waals surface area contributed by atoms with E-state index in [4.69, 9.17) is 5.73 Å². The molecular weight excluding hydrogens is 374 g/mol. The number of aryl methyl sites for hydroxylation is 1. The predicted octanol–water partition coefficient (Wildman–Crippen LogP) is 3.17. The maximum atomic E-state index is 12.3. The number of halogens is 1. The zero-order valence-electron chi connectivity index (χ0n) is 16.0. The number of carbonyl (C=O) groups is 2. The van der Waals surface area contributed by atoms with Crippen molar-refractivity contribution in [3.05, 3.63) is 65.7 Å². The number of hydrogen-bond acceptors (Lipinski definition) is 3. The van der Waals surface area contributed by atoms with Gasteiger partial charge in [0.05, 0.1) is 6.04 Å². The van der Waals surface area contributed by atoms with Crippen LogP contribution in [0.15, 0.2) is 54.6 Å². The molecule has 0 saturated carbocycles. The van der Waals surface area contributed by atoms with Crippen LogP contribution in [0.2, 0.25) is 0 Å². The van der Waals surface area contributed by atoms with Crippen LogP contribution < -0.4 is 11.1 Å². The van der Waals surface area contributed by atoms with E-state index in [1.54, 1.807) is 0 Å². The topological polar surface area (TPSA) is 75.4 Å². The standard InChI is InChI=1S/C22H27N3O2.ClH/c23-20(16-18-6-2-1-3-7-18)22(27)24-19-11-8-17(9-12-19)10-13-21(26)25-14-4-5-15-25;/h1-3,6-9,11-12,20H,4-5,10,13-16,23H2,(H,24,27);1H/t20-;/m0./s1. The highest BCUT2D eigenvalue weighted by molar-refractivity contribution is 5.94. The number of rotatable bonds is 7. The Bertz CT molecular complexity index is 759. The second-order valence-electron chi connectivity index (χ2n) is 7.07. The van der Waals surface area contributed by atoms with Gasteiger partial charge >= 0.3 is 0 Å². The molecule has 2 amide bonds. The Labute approximate surface area is 172 Å². The van der Waals surface area contributed by atoms with Crippen molar-refractivity contribution in [2.24, 2.45) is 5.73 Å². The van der Waals surface area contributed by atoms with Gasteiger partial charge in [0, 0.05) is 25.2 Å². The van der Waals surface area contributed by atoms with Crippen LogP contribution in [0.5, 0.6) is 0 Å². The van der Waals surface area contributed by atoms with Crippen LogP contribution in [0.4, 0.5) is 5.69 Å². The van der Waals surface area contributed by atoms with E-state index >= 15 is 0 Å². The van der Waals surface area contributed by atoms with Crippen molar-refractivity contribution >= 4 is 29.9 Å². The van der Waals surface area contributed by atoms with Gasteiger partial charge in [-0.1, -0.05) is 42.5 Å². The molecule has 3 rings (SSSR count). The number of carbonyl (C=O) groups excluding carboxylic acids is 2. The third-order valence-electron chi connectivity index (χ3n) is 4.94. The second kappa shape index (κ2) is 10.8. The van der Waals surface area contributed by atoms with Gasteiger partial charge in [-0.05, 0) is 48.9 Å². The summed E-state index contributed by atoms with van der Waals surface area (Å²) < 4.78 is 0. The third-order valence-corrected chi connectivity index (χ3v) is 4.94. The molecule has 2 aromatic rings. The lowest BCUT2D eigenvalue weighted by Crippen LogP contribution is -2.37. The number of amides is 2. The highest BCUT2D eigenvalue weighted by Crippen LogP contribution is 2.14. The summed E-state index contributed by atoms with van der Waals surface area (Å²) in [5, 5.41) is 2.86. The summed E-state index contributed by atoms with van der Waals surface area (Å²) in [5.74, 6) is 0.0348. The van der Waals surface area contributed by atoms with Gasteiger partial charge in [-0.3, -0.25) is 9.59 Å². The Morgan fingerprint density at radius 2 is 1.61 bits per heavy atom. The van der Waals surface area contributed by atoms with E-state index in [9.17, 15) is 9.59 Å². The van der Waals surface area contributed by atoms with Gasteiger partial charge in [-0.25, -0.2) is 0 Å². The van der Waals surface area contributed by atoms with Crippen LogP contribution >= 0.6 is 12.4 Å². The molecule has 0 aliphatic carbocycles. The van der Waals surface area contributed by atoms with Crippen LogP contribution in [0.3, 0.4) is 0 Å². The molecule has 0 aromatic heterocycles. The van der Waals surface area contributed by atoms with Crippen molar-refractivity contribution in [1.29, 1.82) is 0 Å². The minimum Gasteiger partial charge on any atom is -0.343 e. The minimum atomic E-state index is -0.592. The number of hydrogen-bond donors (Lipinski definition) is 2. The van der Waals surface area contributed by atoms with E-state index in [1.807, 2.05) is 59.5 Å². The maximum absolute atomic E-state index is 12.3. The SMILES string of the molecule is Cl.N[C@@H](Cc1ccccc1)C(=O)Nc1ccc(CCC(=O)N2CCCC2)cc1. The van der Waals surface area contributed by atoms with E-state index in [1.165, 1.54) is 0 Å². The van der Waals surface area contributed by atoms with E-state index in [-0.39, 0.29) is 24.2 Å². The fourth-order valence-corrected chi connectivity index (χ4v) is 3.33. The van der Waals surface area contributed by atoms with Gasteiger partial charge in [0.15, 0.2) is 0 Å². The first-order valence-corrected chi connectivity index (χ1v) is 9.59. The van der Waals surface area contributed by atoms with Crippen molar-refractivity contribution in [3.8, 4) is 0 Å². The quantitative estimate of drug-likeness (QED) is 0.748. The number of nitrogens with one attached hydrogen (secondary N) is 1. The van der Waals surface area contributed by atoms with Crippen molar-refractivity contribution in [1.82, 2.24) is 4.90 Å². The lowest BCUT2D eigenvalue weighted by Gasteiger charge is -2.15. The molecule has 0 unspecified atom stereocenters. The summed E-state index contributed by atoms with van der Waals surface area (Å²) in [7, 11) is 0. The Morgan fingerprint density at radius 1 is 0.964 bits per heavy atom. The average molecular weight is 402 g/mol. The molecular formula is C22H28ClN3O2. The number of anilines is 1. The number of benzene rings is 2. The molecule has 1 saturated heterocycles. The predicted molar refractivity (Wildman–Crippen MR) is 115 cm³/mol. The summed E-state index contributed by atoms with van der Waals surface area (Å²) in [5.41, 5.74) is 8.87. The fraction of sp³-hybridized carbons (Fsp3) is 0.364. The fourth-order valence-electron chi connectivity index (χ4n) is 3.33. The largest absolute Gasteiger partial charge is 0.343 e. The van der Waals surface area contributed by atoms with Gasteiger partial charge in [-0.15, -0.1) is 12.4 Å². The lowest BCUT2D eigenvalue weighted by molar-refractivity contribution is -0.130. The van der Waals surface area contributed by atoms with Crippen LogP contribution in [0.25, 0.3) is 0 Å². The summed E-state index contributed by atoms with van der Waals surface area (Å²) in [4.78, 5) is 26.3. The van der Waals surface area contributed by atoms with Gasteiger partial charge in [0.25, 0.3) is 0 Å². The van der Waals surface area contributed by atoms with Gasteiger partial charge in [-0.2, -0.15) is 0 Å². The first-order chi connectivity index (χ1) is 13.1.